The van der Waals surface area contributed by atoms with Crippen LogP contribution in [0.25, 0.3) is 0 Å². The first-order valence-electron chi connectivity index (χ1n) is 5.50. The van der Waals surface area contributed by atoms with E-state index >= 15 is 0 Å². The molecule has 0 unspecified atom stereocenters. The van der Waals surface area contributed by atoms with Gasteiger partial charge in [0.15, 0.2) is 0 Å². The molecule has 3 N–H and O–H groups in total. The molecule has 0 saturated carbocycles. The van der Waals surface area contributed by atoms with Crippen molar-refractivity contribution in [2.45, 2.75) is 6.54 Å². The van der Waals surface area contributed by atoms with Gasteiger partial charge in [-0.05, 0) is 23.8 Å². The van der Waals surface area contributed by atoms with E-state index in [0.29, 0.717) is 12.2 Å². The molecule has 0 bridgehead atoms. The number of pyridine rings is 1. The van der Waals surface area contributed by atoms with Crippen molar-refractivity contribution < 1.29 is 4.79 Å². The highest BCUT2D eigenvalue weighted by atomic mass is 79.9. The number of nitrogens with two attached hydrogens (primary N) is 1. The molecule has 0 aliphatic carbocycles. The van der Waals surface area contributed by atoms with Crippen LogP contribution >= 0.6 is 27.5 Å². The Morgan fingerprint density at radius 2 is 2.05 bits per heavy atom. The van der Waals surface area contributed by atoms with Crippen LogP contribution in [0.15, 0.2) is 41.0 Å². The monoisotopic (exact) mass is 339 g/mol. The van der Waals surface area contributed by atoms with E-state index in [1.807, 2.05) is 24.3 Å². The van der Waals surface area contributed by atoms with Gasteiger partial charge >= 0.3 is 0 Å². The predicted octanol–water partition coefficient (Wildman–Crippen LogP) is 3.01. The van der Waals surface area contributed by atoms with Crippen molar-refractivity contribution in [1.82, 2.24) is 10.3 Å². The molecule has 0 aliphatic rings. The SMILES string of the molecule is Nc1cnc(Cl)c(C(=O)NCc2ccc(Br)cc2)c1. The number of aromatic nitrogens is 1. The molecule has 6 heteroatoms. The molecule has 0 spiro atoms. The zero-order valence-corrected chi connectivity index (χ0v) is 12.2. The molecule has 0 aliphatic heterocycles. The molecule has 0 radical (unpaired) electrons. The zero-order chi connectivity index (χ0) is 13.8. The molecule has 4 nitrogen and oxygen atoms in total. The normalized spacial score (nSPS) is 10.2. The summed E-state index contributed by atoms with van der Waals surface area (Å²) >= 11 is 9.21. The van der Waals surface area contributed by atoms with Crippen LogP contribution in [0.3, 0.4) is 0 Å². The Hall–Kier alpha value is -1.59. The molecule has 0 saturated heterocycles. The van der Waals surface area contributed by atoms with Crippen LogP contribution in [0.2, 0.25) is 5.15 Å². The van der Waals surface area contributed by atoms with Gasteiger partial charge in [0, 0.05) is 11.0 Å². The summed E-state index contributed by atoms with van der Waals surface area (Å²) < 4.78 is 0.991. The second kappa shape index (κ2) is 6.04. The van der Waals surface area contributed by atoms with E-state index in [0.717, 1.165) is 10.0 Å². The smallest absolute Gasteiger partial charge is 0.254 e. The summed E-state index contributed by atoms with van der Waals surface area (Å²) in [6.07, 6.45) is 1.41. The average Bonchev–Trinajstić information content (AvgIpc) is 2.40. The van der Waals surface area contributed by atoms with Gasteiger partial charge < -0.3 is 11.1 Å². The molecule has 1 heterocycles. The second-order valence-electron chi connectivity index (χ2n) is 3.92. The van der Waals surface area contributed by atoms with Crippen molar-refractivity contribution in [2.24, 2.45) is 0 Å². The predicted molar refractivity (Wildman–Crippen MR) is 79.0 cm³/mol. The van der Waals surface area contributed by atoms with Crippen molar-refractivity contribution >= 4 is 39.1 Å². The summed E-state index contributed by atoms with van der Waals surface area (Å²) in [6.45, 7) is 0.414. The fourth-order valence-corrected chi connectivity index (χ4v) is 1.96. The minimum atomic E-state index is -0.298. The molecule has 1 aromatic heterocycles. The van der Waals surface area contributed by atoms with Gasteiger partial charge in [-0.25, -0.2) is 4.98 Å². The standard InChI is InChI=1S/C13H11BrClN3O/c14-9-3-1-8(2-4-9)6-18-13(19)11-5-10(16)7-17-12(11)15/h1-5,7H,6,16H2,(H,18,19). The highest BCUT2D eigenvalue weighted by Gasteiger charge is 2.11. The summed E-state index contributed by atoms with van der Waals surface area (Å²) in [5, 5.41) is 2.91. The number of hydrogen-bond donors (Lipinski definition) is 2. The number of carbonyl (C=O) groups excluding carboxylic acids is 1. The van der Waals surface area contributed by atoms with Crippen LogP contribution in [-0.2, 0) is 6.54 Å². The van der Waals surface area contributed by atoms with Gasteiger partial charge in [-0.15, -0.1) is 0 Å². The van der Waals surface area contributed by atoms with Gasteiger partial charge in [-0.3, -0.25) is 4.79 Å². The number of carbonyl (C=O) groups is 1. The Labute approximate surface area is 124 Å². The van der Waals surface area contributed by atoms with E-state index in [1.54, 1.807) is 0 Å². The first kappa shape index (κ1) is 13.8. The number of benzene rings is 1. The topological polar surface area (TPSA) is 68.0 Å². The summed E-state index contributed by atoms with van der Waals surface area (Å²) in [6, 6.07) is 9.17. The molecule has 2 aromatic rings. The van der Waals surface area contributed by atoms with Crippen LogP contribution in [0.4, 0.5) is 5.69 Å². The van der Waals surface area contributed by atoms with Crippen molar-refractivity contribution in [2.75, 3.05) is 5.73 Å². The zero-order valence-electron chi connectivity index (χ0n) is 9.86. The van der Waals surface area contributed by atoms with Gasteiger partial charge in [0.2, 0.25) is 0 Å². The molecular formula is C13H11BrClN3O. The van der Waals surface area contributed by atoms with Gasteiger partial charge in [-0.2, -0.15) is 0 Å². The number of rotatable bonds is 3. The van der Waals surface area contributed by atoms with Crippen molar-refractivity contribution in [1.29, 1.82) is 0 Å². The first-order valence-corrected chi connectivity index (χ1v) is 6.67. The lowest BCUT2D eigenvalue weighted by Gasteiger charge is -2.07. The Morgan fingerprint density at radius 1 is 1.37 bits per heavy atom. The highest BCUT2D eigenvalue weighted by Crippen LogP contribution is 2.16. The fraction of sp³-hybridized carbons (Fsp3) is 0.0769. The number of nitrogens with one attached hydrogen (secondary N) is 1. The molecule has 2 rings (SSSR count). The maximum absolute atomic E-state index is 12.0. The summed E-state index contributed by atoms with van der Waals surface area (Å²) in [5.41, 5.74) is 7.25. The van der Waals surface area contributed by atoms with Crippen LogP contribution in [0.1, 0.15) is 15.9 Å². The lowest BCUT2D eigenvalue weighted by Crippen LogP contribution is -2.23. The molecule has 98 valence electrons. The Bertz CT molecular complexity index is 601. The number of nitrogens with zero attached hydrogens (tertiary/aromatic N) is 1. The molecule has 0 atom stereocenters. The van der Waals surface area contributed by atoms with E-state index < -0.39 is 0 Å². The minimum Gasteiger partial charge on any atom is -0.397 e. The highest BCUT2D eigenvalue weighted by molar-refractivity contribution is 9.10. The lowest BCUT2D eigenvalue weighted by atomic mass is 10.2. The van der Waals surface area contributed by atoms with Gasteiger partial charge in [0.1, 0.15) is 5.15 Å². The third-order valence-corrected chi connectivity index (χ3v) is 3.30. The first-order chi connectivity index (χ1) is 9.06. The molecule has 1 aromatic carbocycles. The van der Waals surface area contributed by atoms with Crippen LogP contribution in [0, 0.1) is 0 Å². The average molecular weight is 341 g/mol. The maximum Gasteiger partial charge on any atom is 0.254 e. The quantitative estimate of drug-likeness (QED) is 0.844. The molecular weight excluding hydrogens is 330 g/mol. The van der Waals surface area contributed by atoms with Gasteiger partial charge in [-0.1, -0.05) is 39.7 Å². The van der Waals surface area contributed by atoms with Gasteiger partial charge in [0.05, 0.1) is 17.4 Å². The van der Waals surface area contributed by atoms with E-state index in [1.165, 1.54) is 12.3 Å². The summed E-state index contributed by atoms with van der Waals surface area (Å²) in [4.78, 5) is 15.8. The maximum atomic E-state index is 12.0. The van der Waals surface area contributed by atoms with Crippen LogP contribution in [0.5, 0.6) is 0 Å². The number of nitrogen functional groups attached to an aromatic ring is 1. The lowest BCUT2D eigenvalue weighted by molar-refractivity contribution is 0.0951. The second-order valence-corrected chi connectivity index (χ2v) is 5.19. The molecule has 1 amide bonds. The Balaban J connectivity index is 2.05. The van der Waals surface area contributed by atoms with E-state index in [2.05, 4.69) is 26.2 Å². The van der Waals surface area contributed by atoms with Crippen molar-refractivity contribution in [3.05, 3.63) is 57.3 Å². The number of halogens is 2. The number of hydrogen-bond acceptors (Lipinski definition) is 3. The Morgan fingerprint density at radius 3 is 2.74 bits per heavy atom. The molecule has 0 fully saturated rings. The van der Waals surface area contributed by atoms with Crippen LogP contribution < -0.4 is 11.1 Å². The van der Waals surface area contributed by atoms with Gasteiger partial charge in [0.25, 0.3) is 5.91 Å². The fourth-order valence-electron chi connectivity index (χ4n) is 1.50. The molecule has 19 heavy (non-hydrogen) atoms. The van der Waals surface area contributed by atoms with E-state index in [-0.39, 0.29) is 16.6 Å². The summed E-state index contributed by atoms with van der Waals surface area (Å²) in [5.74, 6) is -0.298. The Kier molecular flexibility index (Phi) is 4.39. The minimum absolute atomic E-state index is 0.141. The van der Waals surface area contributed by atoms with Crippen molar-refractivity contribution in [3.8, 4) is 0 Å². The number of amides is 1. The van der Waals surface area contributed by atoms with Crippen LogP contribution in [-0.4, -0.2) is 10.9 Å². The number of anilines is 1. The van der Waals surface area contributed by atoms with E-state index in [9.17, 15) is 4.79 Å². The largest absolute Gasteiger partial charge is 0.397 e. The third-order valence-electron chi connectivity index (χ3n) is 2.47. The van der Waals surface area contributed by atoms with Crippen molar-refractivity contribution in [3.63, 3.8) is 0 Å². The summed E-state index contributed by atoms with van der Waals surface area (Å²) in [7, 11) is 0. The van der Waals surface area contributed by atoms with E-state index in [4.69, 9.17) is 17.3 Å². The third kappa shape index (κ3) is 3.68.